The van der Waals surface area contributed by atoms with E-state index in [0.29, 0.717) is 6.61 Å². The summed E-state index contributed by atoms with van der Waals surface area (Å²) in [7, 11) is 0. The predicted octanol–water partition coefficient (Wildman–Crippen LogP) is 1.73. The third kappa shape index (κ3) is 5.57. The van der Waals surface area contributed by atoms with Crippen LogP contribution in [0.25, 0.3) is 0 Å². The summed E-state index contributed by atoms with van der Waals surface area (Å²) >= 11 is 0. The van der Waals surface area contributed by atoms with Crippen molar-refractivity contribution >= 4 is 18.4 Å². The molecule has 0 unspecified atom stereocenters. The molecule has 1 aromatic carbocycles. The number of nitrogens with one attached hydrogen (secondary N) is 2. The fourth-order valence-corrected chi connectivity index (χ4v) is 1.88. The average Bonchev–Trinajstić information content (AvgIpc) is 2.45. The monoisotopic (exact) mass is 286 g/mol. The Hall–Kier alpha value is -1.14. The summed E-state index contributed by atoms with van der Waals surface area (Å²) in [6, 6.07) is 9.45. The van der Waals surface area contributed by atoms with E-state index in [1.165, 1.54) is 0 Å². The highest BCUT2D eigenvalue weighted by Crippen LogP contribution is 2.07. The van der Waals surface area contributed by atoms with Crippen LogP contribution in [0.2, 0.25) is 0 Å². The lowest BCUT2D eigenvalue weighted by atomic mass is 10.1. The molecule has 1 aromatic rings. The highest BCUT2D eigenvalue weighted by Gasteiger charge is 2.22. The van der Waals surface area contributed by atoms with E-state index in [2.05, 4.69) is 11.0 Å². The first-order chi connectivity index (χ1) is 8.86. The summed E-state index contributed by atoms with van der Waals surface area (Å²) < 4.78 is 0. The smallest absolute Gasteiger partial charge is 0.343 e. The first-order valence-electron chi connectivity index (χ1n) is 6.21. The predicted molar refractivity (Wildman–Crippen MR) is 73.3 cm³/mol. The van der Waals surface area contributed by atoms with E-state index in [0.717, 1.165) is 31.4 Å². The lowest BCUT2D eigenvalue weighted by Gasteiger charge is -2.21. The van der Waals surface area contributed by atoms with Gasteiger partial charge in [-0.3, -0.25) is 4.84 Å². The van der Waals surface area contributed by atoms with Crippen LogP contribution in [0.3, 0.4) is 0 Å². The summed E-state index contributed by atoms with van der Waals surface area (Å²) in [5, 5.41) is 3.11. The van der Waals surface area contributed by atoms with E-state index in [1.54, 1.807) is 0 Å². The Morgan fingerprint density at radius 1 is 1.32 bits per heavy atom. The fourth-order valence-electron chi connectivity index (χ4n) is 1.88. The van der Waals surface area contributed by atoms with Gasteiger partial charge in [-0.2, -0.15) is 0 Å². The first-order valence-corrected chi connectivity index (χ1v) is 6.21. The standard InChI is InChI=1S/C13H18N2O3.ClH/c16-13(12-8-4-5-9-14-12)18-15-17-10-11-6-2-1-3-7-11;/h1-3,6-7,12,14-15H,4-5,8-10H2;1H/t12-;/m1./s1. The topological polar surface area (TPSA) is 59.6 Å². The Morgan fingerprint density at radius 2 is 2.11 bits per heavy atom. The summed E-state index contributed by atoms with van der Waals surface area (Å²) in [6.07, 6.45) is 2.98. The molecule has 0 aliphatic carbocycles. The zero-order chi connectivity index (χ0) is 12.6. The number of carbonyl (C=O) groups is 1. The van der Waals surface area contributed by atoms with Gasteiger partial charge < -0.3 is 10.2 Å². The Morgan fingerprint density at radius 3 is 2.79 bits per heavy atom. The summed E-state index contributed by atoms with van der Waals surface area (Å²) in [5.74, 6) is -0.317. The van der Waals surface area contributed by atoms with Crippen LogP contribution in [-0.4, -0.2) is 18.6 Å². The van der Waals surface area contributed by atoms with Gasteiger partial charge in [-0.05, 0) is 30.6 Å². The quantitative estimate of drug-likeness (QED) is 0.638. The zero-order valence-electron chi connectivity index (χ0n) is 10.6. The van der Waals surface area contributed by atoms with Gasteiger partial charge in [0.15, 0.2) is 0 Å². The van der Waals surface area contributed by atoms with Crippen molar-refractivity contribution in [1.82, 2.24) is 11.0 Å². The van der Waals surface area contributed by atoms with Crippen molar-refractivity contribution in [2.24, 2.45) is 0 Å². The average molecular weight is 287 g/mol. The Bertz CT molecular complexity index is 369. The molecule has 1 saturated heterocycles. The molecule has 0 bridgehead atoms. The highest BCUT2D eigenvalue weighted by molar-refractivity contribution is 5.85. The van der Waals surface area contributed by atoms with Crippen molar-refractivity contribution in [1.29, 1.82) is 0 Å². The molecular weight excluding hydrogens is 268 g/mol. The first kappa shape index (κ1) is 15.9. The second-order valence-electron chi connectivity index (χ2n) is 4.28. The summed E-state index contributed by atoms with van der Waals surface area (Å²) in [4.78, 5) is 21.5. The molecule has 0 radical (unpaired) electrons. The Balaban J connectivity index is 0.00000180. The van der Waals surface area contributed by atoms with Crippen LogP contribution in [0.4, 0.5) is 0 Å². The molecule has 0 aromatic heterocycles. The minimum Gasteiger partial charge on any atom is -0.343 e. The Labute approximate surface area is 119 Å². The van der Waals surface area contributed by atoms with Crippen LogP contribution < -0.4 is 11.0 Å². The van der Waals surface area contributed by atoms with Crippen molar-refractivity contribution in [3.05, 3.63) is 35.9 Å². The SMILES string of the molecule is Cl.O=C(ONOCc1ccccc1)[C@H]1CCCCN1. The van der Waals surface area contributed by atoms with Gasteiger partial charge in [0.1, 0.15) is 6.04 Å². The molecule has 2 N–H and O–H groups in total. The normalized spacial score (nSPS) is 18.4. The number of hydrogen-bond donors (Lipinski definition) is 2. The van der Waals surface area contributed by atoms with Crippen molar-refractivity contribution in [2.45, 2.75) is 31.9 Å². The van der Waals surface area contributed by atoms with E-state index < -0.39 is 0 Å². The summed E-state index contributed by atoms with van der Waals surface area (Å²) in [6.45, 7) is 1.22. The maximum atomic E-state index is 11.6. The second-order valence-corrected chi connectivity index (χ2v) is 4.28. The van der Waals surface area contributed by atoms with Gasteiger partial charge in [0.2, 0.25) is 0 Å². The van der Waals surface area contributed by atoms with E-state index in [1.807, 2.05) is 30.3 Å². The molecule has 1 fully saturated rings. The molecule has 0 spiro atoms. The van der Waals surface area contributed by atoms with E-state index >= 15 is 0 Å². The molecule has 19 heavy (non-hydrogen) atoms. The van der Waals surface area contributed by atoms with Crippen molar-refractivity contribution in [3.63, 3.8) is 0 Å². The lowest BCUT2D eigenvalue weighted by molar-refractivity contribution is -0.198. The van der Waals surface area contributed by atoms with E-state index in [-0.39, 0.29) is 24.4 Å². The number of benzene rings is 1. The number of carbonyl (C=O) groups excluding carboxylic acids is 1. The van der Waals surface area contributed by atoms with Crippen LogP contribution in [0.5, 0.6) is 0 Å². The molecule has 6 heteroatoms. The number of halogens is 1. The molecule has 106 valence electrons. The maximum Gasteiger partial charge on any atom is 0.344 e. The van der Waals surface area contributed by atoms with Gasteiger partial charge in [0, 0.05) is 0 Å². The third-order valence-corrected chi connectivity index (χ3v) is 2.88. The van der Waals surface area contributed by atoms with Crippen molar-refractivity contribution < 1.29 is 14.5 Å². The minimum atomic E-state index is -0.317. The molecule has 0 amide bonds. The fraction of sp³-hybridized carbons (Fsp3) is 0.462. The zero-order valence-corrected chi connectivity index (χ0v) is 11.4. The van der Waals surface area contributed by atoms with Crippen molar-refractivity contribution in [3.8, 4) is 0 Å². The lowest BCUT2D eigenvalue weighted by Crippen LogP contribution is -2.43. The molecule has 0 saturated carbocycles. The molecule has 1 heterocycles. The van der Waals surface area contributed by atoms with Crippen LogP contribution in [0, 0.1) is 0 Å². The number of hydrogen-bond acceptors (Lipinski definition) is 5. The number of piperidine rings is 1. The van der Waals surface area contributed by atoms with Crippen LogP contribution in [0.1, 0.15) is 24.8 Å². The molecule has 2 rings (SSSR count). The molecule has 1 aliphatic heterocycles. The highest BCUT2D eigenvalue weighted by atomic mass is 35.5. The van der Waals surface area contributed by atoms with Crippen LogP contribution in [0.15, 0.2) is 30.3 Å². The third-order valence-electron chi connectivity index (χ3n) is 2.88. The van der Waals surface area contributed by atoms with Crippen LogP contribution >= 0.6 is 12.4 Å². The van der Waals surface area contributed by atoms with Gasteiger partial charge in [0.05, 0.1) is 6.61 Å². The molecular formula is C13H19ClN2O3. The Kier molecular flexibility index (Phi) is 7.43. The van der Waals surface area contributed by atoms with Gasteiger partial charge in [0.25, 0.3) is 0 Å². The molecule has 1 atom stereocenters. The summed E-state index contributed by atoms with van der Waals surface area (Å²) in [5.41, 5.74) is 3.25. The second kappa shape index (κ2) is 8.87. The van der Waals surface area contributed by atoms with Gasteiger partial charge in [-0.15, -0.1) is 12.4 Å². The minimum absolute atomic E-state index is 0. The van der Waals surface area contributed by atoms with Gasteiger partial charge in [-0.1, -0.05) is 36.8 Å². The molecule has 5 nitrogen and oxygen atoms in total. The number of rotatable bonds is 5. The van der Waals surface area contributed by atoms with Crippen molar-refractivity contribution in [2.75, 3.05) is 6.54 Å². The van der Waals surface area contributed by atoms with E-state index in [4.69, 9.17) is 9.68 Å². The van der Waals surface area contributed by atoms with E-state index in [9.17, 15) is 4.79 Å². The largest absolute Gasteiger partial charge is 0.344 e. The maximum absolute atomic E-state index is 11.6. The van der Waals surface area contributed by atoms with Gasteiger partial charge in [-0.25, -0.2) is 4.79 Å². The van der Waals surface area contributed by atoms with Gasteiger partial charge >= 0.3 is 5.97 Å². The molecule has 1 aliphatic rings. The van der Waals surface area contributed by atoms with Crippen LogP contribution in [-0.2, 0) is 21.1 Å².